The van der Waals surface area contributed by atoms with Crippen molar-refractivity contribution in [1.29, 1.82) is 0 Å². The molecule has 0 spiro atoms. The zero-order valence-electron chi connectivity index (χ0n) is 20.0. The normalized spacial score (nSPS) is 11.7. The van der Waals surface area contributed by atoms with Gasteiger partial charge in [0.05, 0.1) is 0 Å². The number of hydrogen-bond acceptors (Lipinski definition) is 6. The van der Waals surface area contributed by atoms with Gasteiger partial charge in [0.1, 0.15) is 6.04 Å². The smallest absolute Gasteiger partial charge is 0.326 e. The van der Waals surface area contributed by atoms with E-state index in [1.54, 1.807) is 0 Å². The Morgan fingerprint density at radius 3 is 1.60 bits per heavy atom. The van der Waals surface area contributed by atoms with Crippen LogP contribution in [-0.2, 0) is 24.0 Å². The van der Waals surface area contributed by atoms with Crippen LogP contribution < -0.4 is 16.4 Å². The predicted octanol–water partition coefficient (Wildman–Crippen LogP) is 2.04. The highest BCUT2D eigenvalue weighted by Crippen LogP contribution is 2.07. The quantitative estimate of drug-likeness (QED) is 0.0783. The van der Waals surface area contributed by atoms with Gasteiger partial charge in [0.25, 0.3) is 0 Å². The Labute approximate surface area is 211 Å². The van der Waals surface area contributed by atoms with Crippen LogP contribution in [0.4, 0.5) is 0 Å². The summed E-state index contributed by atoms with van der Waals surface area (Å²) in [6.45, 7) is 0.185. The summed E-state index contributed by atoms with van der Waals surface area (Å²) in [6.07, 6.45) is 6.29. The maximum atomic E-state index is 11.9. The first-order valence-corrected chi connectivity index (χ1v) is 11.7. The summed E-state index contributed by atoms with van der Waals surface area (Å²) in [5.41, 5.74) is 5.66. The van der Waals surface area contributed by atoms with Crippen molar-refractivity contribution in [1.82, 2.24) is 10.6 Å². The maximum absolute atomic E-state index is 11.9. The first kappa shape index (κ1) is 34.3. The molecule has 0 saturated heterocycles. The number of amides is 2. The number of nitrogens with one attached hydrogen (secondary N) is 2. The van der Waals surface area contributed by atoms with Crippen LogP contribution in [0.5, 0.6) is 0 Å². The molecule has 0 aliphatic rings. The molecule has 0 saturated carbocycles. The molecular formula is C22H39ClN4O8. The second-order valence-electron chi connectivity index (χ2n) is 8.03. The third-order valence-corrected chi connectivity index (χ3v) is 4.92. The van der Waals surface area contributed by atoms with Gasteiger partial charge in [0.15, 0.2) is 5.96 Å². The molecule has 0 fully saturated rings. The molecule has 0 heterocycles. The molecule has 0 rings (SSSR count). The zero-order chi connectivity index (χ0) is 25.8. The molecule has 0 aliphatic carbocycles. The molecule has 13 heteroatoms. The third-order valence-electron chi connectivity index (χ3n) is 4.92. The number of aliphatic carboxylic acids is 3. The molecule has 202 valence electrons. The molecular weight excluding hydrogens is 484 g/mol. The largest absolute Gasteiger partial charge is 0.481 e. The Kier molecular flexibility index (Phi) is 21.2. The summed E-state index contributed by atoms with van der Waals surface area (Å²) in [6, 6.07) is -1.05. The van der Waals surface area contributed by atoms with E-state index in [2.05, 4.69) is 15.6 Å². The van der Waals surface area contributed by atoms with Crippen LogP contribution >= 0.6 is 12.4 Å². The standard InChI is InChI=1S/C22H38N4O8.ClH/c23-22(26-18(28)12-6-2-4-8-14-20(31)32)24-15-9-10-16(21(33)34)25-17(27)11-5-1-3-7-13-19(29)30;/h16H,1-15H2,(H,25,27)(H,29,30)(H,31,32)(H,33,34)(H3,23,24,26,28);1H/t16-;/m0./s1. The van der Waals surface area contributed by atoms with E-state index in [0.717, 1.165) is 12.8 Å². The highest BCUT2D eigenvalue weighted by atomic mass is 35.5. The Morgan fingerprint density at radius 2 is 1.14 bits per heavy atom. The lowest BCUT2D eigenvalue weighted by Gasteiger charge is -2.14. The van der Waals surface area contributed by atoms with Gasteiger partial charge in [-0.15, -0.1) is 12.4 Å². The van der Waals surface area contributed by atoms with Crippen LogP contribution in [0.1, 0.15) is 89.9 Å². The first-order valence-electron chi connectivity index (χ1n) is 11.7. The summed E-state index contributed by atoms with van der Waals surface area (Å²) in [5.74, 6) is -3.56. The number of halogens is 1. The third kappa shape index (κ3) is 22.7. The Balaban J connectivity index is 0. The topological polar surface area (TPSA) is 208 Å². The summed E-state index contributed by atoms with van der Waals surface area (Å²) < 4.78 is 0. The second-order valence-corrected chi connectivity index (χ2v) is 8.03. The van der Waals surface area contributed by atoms with Gasteiger partial charge < -0.3 is 26.4 Å². The monoisotopic (exact) mass is 522 g/mol. The van der Waals surface area contributed by atoms with Gasteiger partial charge in [-0.2, -0.15) is 0 Å². The number of guanidine groups is 1. The molecule has 35 heavy (non-hydrogen) atoms. The molecule has 0 radical (unpaired) electrons. The molecule has 0 bridgehead atoms. The number of carboxylic acid groups (broad SMARTS) is 3. The number of nitrogens with two attached hydrogens (primary N) is 1. The van der Waals surface area contributed by atoms with Gasteiger partial charge in [0.2, 0.25) is 11.8 Å². The molecule has 1 atom stereocenters. The van der Waals surface area contributed by atoms with E-state index in [1.807, 2.05) is 0 Å². The van der Waals surface area contributed by atoms with E-state index >= 15 is 0 Å². The molecule has 7 N–H and O–H groups in total. The van der Waals surface area contributed by atoms with Crippen molar-refractivity contribution >= 4 is 48.1 Å². The molecule has 12 nitrogen and oxygen atoms in total. The zero-order valence-corrected chi connectivity index (χ0v) is 20.8. The lowest BCUT2D eigenvalue weighted by Crippen LogP contribution is -2.40. The van der Waals surface area contributed by atoms with E-state index in [4.69, 9.17) is 15.9 Å². The lowest BCUT2D eigenvalue weighted by molar-refractivity contribution is -0.142. The molecule has 2 amide bonds. The molecule has 0 unspecified atom stereocenters. The van der Waals surface area contributed by atoms with Crippen LogP contribution in [0.2, 0.25) is 0 Å². The average molecular weight is 523 g/mol. The van der Waals surface area contributed by atoms with Crippen molar-refractivity contribution in [2.24, 2.45) is 10.7 Å². The average Bonchev–Trinajstić information content (AvgIpc) is 2.74. The van der Waals surface area contributed by atoms with Gasteiger partial charge in [-0.3, -0.25) is 29.5 Å². The van der Waals surface area contributed by atoms with Crippen LogP contribution in [0, 0.1) is 0 Å². The number of rotatable bonds is 20. The van der Waals surface area contributed by atoms with Crippen molar-refractivity contribution in [2.75, 3.05) is 6.54 Å². The van der Waals surface area contributed by atoms with Crippen molar-refractivity contribution in [2.45, 2.75) is 95.9 Å². The minimum absolute atomic E-state index is 0. The molecule has 0 aromatic heterocycles. The number of hydrogen-bond donors (Lipinski definition) is 6. The van der Waals surface area contributed by atoms with Gasteiger partial charge >= 0.3 is 17.9 Å². The fourth-order valence-corrected chi connectivity index (χ4v) is 3.09. The van der Waals surface area contributed by atoms with Gasteiger partial charge in [-0.05, 0) is 38.5 Å². The van der Waals surface area contributed by atoms with Crippen molar-refractivity contribution < 1.29 is 39.3 Å². The SMILES string of the molecule is Cl.NC(=NCCC[C@H](NC(=O)CCCCCCC(=O)O)C(=O)O)NC(=O)CCCCCCC(=O)O. The first-order chi connectivity index (χ1) is 16.1. The van der Waals surface area contributed by atoms with Crippen LogP contribution in [-0.4, -0.2) is 63.6 Å². The molecule has 0 aromatic rings. The van der Waals surface area contributed by atoms with E-state index < -0.39 is 23.9 Å². The second kappa shape index (κ2) is 21.6. The van der Waals surface area contributed by atoms with Crippen LogP contribution in [0.15, 0.2) is 4.99 Å². The van der Waals surface area contributed by atoms with Crippen molar-refractivity contribution in [3.63, 3.8) is 0 Å². The van der Waals surface area contributed by atoms with Gasteiger partial charge in [-0.1, -0.05) is 25.7 Å². The van der Waals surface area contributed by atoms with Crippen LogP contribution in [0.3, 0.4) is 0 Å². The van der Waals surface area contributed by atoms with Gasteiger partial charge in [-0.25, -0.2) is 4.79 Å². The Bertz CT molecular complexity index is 703. The number of carbonyl (C=O) groups is 5. The summed E-state index contributed by atoms with van der Waals surface area (Å²) in [5, 5.41) is 31.3. The van der Waals surface area contributed by atoms with Gasteiger partial charge in [0, 0.05) is 32.2 Å². The number of carboxylic acids is 3. The number of aliphatic imine (C=N–C) groups is 1. The maximum Gasteiger partial charge on any atom is 0.326 e. The summed E-state index contributed by atoms with van der Waals surface area (Å²) in [7, 11) is 0. The fourth-order valence-electron chi connectivity index (χ4n) is 3.09. The molecule has 0 aliphatic heterocycles. The Morgan fingerprint density at radius 1 is 0.686 bits per heavy atom. The van der Waals surface area contributed by atoms with E-state index in [1.165, 1.54) is 0 Å². The highest BCUT2D eigenvalue weighted by molar-refractivity contribution is 5.96. The van der Waals surface area contributed by atoms with E-state index in [9.17, 15) is 29.1 Å². The van der Waals surface area contributed by atoms with Crippen molar-refractivity contribution in [3.8, 4) is 0 Å². The van der Waals surface area contributed by atoms with Crippen molar-refractivity contribution in [3.05, 3.63) is 0 Å². The number of unbranched alkanes of at least 4 members (excludes halogenated alkanes) is 6. The predicted molar refractivity (Wildman–Crippen MR) is 131 cm³/mol. The van der Waals surface area contributed by atoms with E-state index in [0.29, 0.717) is 44.9 Å². The summed E-state index contributed by atoms with van der Waals surface area (Å²) >= 11 is 0. The minimum Gasteiger partial charge on any atom is -0.481 e. The Hall–Kier alpha value is -2.89. The molecule has 0 aromatic carbocycles. The fraction of sp³-hybridized carbons (Fsp3) is 0.727. The minimum atomic E-state index is -1.15. The number of nitrogens with zero attached hydrogens (tertiary/aromatic N) is 1. The highest BCUT2D eigenvalue weighted by Gasteiger charge is 2.19. The summed E-state index contributed by atoms with van der Waals surface area (Å²) in [4.78, 5) is 60.0. The number of carbonyl (C=O) groups excluding carboxylic acids is 2. The van der Waals surface area contributed by atoms with Crippen LogP contribution in [0.25, 0.3) is 0 Å². The lowest BCUT2D eigenvalue weighted by atomic mass is 10.1. The van der Waals surface area contributed by atoms with E-state index in [-0.39, 0.29) is 68.8 Å².